The SMILES string of the molecule is CC1=C(C(=O)CC(c2ccccc2Cl)C2C(=O)NC(=O)NC2=O)C(O)c2ccccc2O1. The summed E-state index contributed by atoms with van der Waals surface area (Å²) in [6.07, 6.45) is -1.55. The van der Waals surface area contributed by atoms with E-state index in [-0.39, 0.29) is 22.8 Å². The first kappa shape index (κ1) is 21.7. The zero-order valence-corrected chi connectivity index (χ0v) is 17.7. The van der Waals surface area contributed by atoms with E-state index in [9.17, 15) is 24.3 Å². The fourth-order valence-corrected chi connectivity index (χ4v) is 4.38. The predicted octanol–water partition coefficient (Wildman–Crippen LogP) is 2.77. The molecule has 164 valence electrons. The number of barbiturate groups is 1. The van der Waals surface area contributed by atoms with Gasteiger partial charge in [0, 0.05) is 22.9 Å². The van der Waals surface area contributed by atoms with Crippen LogP contribution in [0.1, 0.15) is 36.5 Å². The zero-order valence-electron chi connectivity index (χ0n) is 16.9. The first-order valence-electron chi connectivity index (χ1n) is 9.87. The van der Waals surface area contributed by atoms with Crippen LogP contribution in [0.15, 0.2) is 59.9 Å². The van der Waals surface area contributed by atoms with Crippen molar-refractivity contribution >= 4 is 35.2 Å². The molecule has 0 radical (unpaired) electrons. The Bertz CT molecular complexity index is 1150. The Morgan fingerprint density at radius 1 is 1.06 bits per heavy atom. The molecule has 2 aliphatic rings. The molecule has 0 spiro atoms. The van der Waals surface area contributed by atoms with E-state index in [2.05, 4.69) is 10.6 Å². The van der Waals surface area contributed by atoms with Crippen LogP contribution < -0.4 is 15.4 Å². The Morgan fingerprint density at radius 3 is 2.38 bits per heavy atom. The van der Waals surface area contributed by atoms with Crippen LogP contribution in [-0.4, -0.2) is 28.7 Å². The van der Waals surface area contributed by atoms with Crippen molar-refractivity contribution < 1.29 is 29.0 Å². The van der Waals surface area contributed by atoms with Crippen molar-refractivity contribution in [1.82, 2.24) is 10.6 Å². The minimum Gasteiger partial charge on any atom is -0.461 e. The summed E-state index contributed by atoms with van der Waals surface area (Å²) in [7, 11) is 0. The second-order valence-electron chi connectivity index (χ2n) is 7.55. The van der Waals surface area contributed by atoms with Gasteiger partial charge in [-0.05, 0) is 24.6 Å². The number of aliphatic hydroxyl groups is 1. The molecule has 1 saturated heterocycles. The lowest BCUT2D eigenvalue weighted by Crippen LogP contribution is -2.57. The molecule has 2 aliphatic heterocycles. The van der Waals surface area contributed by atoms with Crippen LogP contribution in [0.5, 0.6) is 5.75 Å². The van der Waals surface area contributed by atoms with Gasteiger partial charge in [-0.15, -0.1) is 0 Å². The van der Waals surface area contributed by atoms with Crippen molar-refractivity contribution in [3.05, 3.63) is 76.0 Å². The molecule has 2 unspecified atom stereocenters. The smallest absolute Gasteiger partial charge is 0.328 e. The number of carbonyl (C=O) groups is 4. The maximum Gasteiger partial charge on any atom is 0.328 e. The van der Waals surface area contributed by atoms with Crippen molar-refractivity contribution in [2.45, 2.75) is 25.4 Å². The van der Waals surface area contributed by atoms with Crippen LogP contribution in [-0.2, 0) is 14.4 Å². The van der Waals surface area contributed by atoms with Crippen molar-refractivity contribution in [2.24, 2.45) is 5.92 Å². The molecule has 2 aromatic rings. The van der Waals surface area contributed by atoms with E-state index in [1.54, 1.807) is 55.5 Å². The van der Waals surface area contributed by atoms with Crippen molar-refractivity contribution in [1.29, 1.82) is 0 Å². The molecule has 9 heteroatoms. The average molecular weight is 455 g/mol. The number of hydrogen-bond acceptors (Lipinski definition) is 6. The summed E-state index contributed by atoms with van der Waals surface area (Å²) in [6, 6.07) is 12.4. The Kier molecular flexibility index (Phi) is 5.82. The maximum atomic E-state index is 13.4. The molecule has 2 aromatic carbocycles. The number of ketones is 1. The molecule has 8 nitrogen and oxygen atoms in total. The van der Waals surface area contributed by atoms with Gasteiger partial charge in [0.25, 0.3) is 0 Å². The van der Waals surface area contributed by atoms with E-state index >= 15 is 0 Å². The highest BCUT2D eigenvalue weighted by atomic mass is 35.5. The van der Waals surface area contributed by atoms with Gasteiger partial charge in [-0.3, -0.25) is 25.0 Å². The Hall–Kier alpha value is -3.49. The van der Waals surface area contributed by atoms with Gasteiger partial charge in [-0.1, -0.05) is 48.0 Å². The number of benzene rings is 2. The Morgan fingerprint density at radius 2 is 1.69 bits per heavy atom. The van der Waals surface area contributed by atoms with Gasteiger partial charge >= 0.3 is 6.03 Å². The minimum absolute atomic E-state index is 0.0356. The summed E-state index contributed by atoms with van der Waals surface area (Å²) in [5, 5.41) is 15.2. The third kappa shape index (κ3) is 3.90. The van der Waals surface area contributed by atoms with E-state index in [4.69, 9.17) is 16.3 Å². The summed E-state index contributed by atoms with van der Waals surface area (Å²) in [5.41, 5.74) is 0.875. The number of aliphatic hydroxyl groups excluding tert-OH is 1. The highest BCUT2D eigenvalue weighted by Crippen LogP contribution is 2.41. The standard InChI is InChI=1S/C23H19ClN2O6/c1-11-18(20(28)13-7-3-5-9-17(13)32-11)16(27)10-14(12-6-2-4-8-15(12)24)19-21(29)25-23(31)26-22(19)30/h2-9,14,19-20,28H,10H2,1H3,(H2,25,26,29,30,31). The lowest BCUT2D eigenvalue weighted by molar-refractivity contribution is -0.137. The largest absolute Gasteiger partial charge is 0.461 e. The number of hydrogen-bond donors (Lipinski definition) is 3. The van der Waals surface area contributed by atoms with Crippen LogP contribution in [0, 0.1) is 5.92 Å². The number of fused-ring (bicyclic) bond motifs is 1. The van der Waals surface area contributed by atoms with E-state index in [0.717, 1.165) is 0 Å². The molecular weight excluding hydrogens is 436 g/mol. The Balaban J connectivity index is 1.71. The van der Waals surface area contributed by atoms with Gasteiger partial charge in [0.2, 0.25) is 11.8 Å². The topological polar surface area (TPSA) is 122 Å². The van der Waals surface area contributed by atoms with E-state index < -0.39 is 41.6 Å². The van der Waals surface area contributed by atoms with Crippen molar-refractivity contribution in [3.63, 3.8) is 0 Å². The van der Waals surface area contributed by atoms with Gasteiger partial charge in [-0.25, -0.2) is 4.79 Å². The lowest BCUT2D eigenvalue weighted by Gasteiger charge is -2.30. The molecule has 1 fully saturated rings. The summed E-state index contributed by atoms with van der Waals surface area (Å²) < 4.78 is 5.72. The lowest BCUT2D eigenvalue weighted by atomic mass is 9.78. The molecule has 0 bridgehead atoms. The molecule has 0 saturated carbocycles. The van der Waals surface area contributed by atoms with E-state index in [0.29, 0.717) is 16.9 Å². The van der Waals surface area contributed by atoms with Gasteiger partial charge in [0.1, 0.15) is 23.5 Å². The van der Waals surface area contributed by atoms with Crippen LogP contribution in [0.25, 0.3) is 0 Å². The van der Waals surface area contributed by atoms with E-state index in [1.807, 2.05) is 0 Å². The maximum absolute atomic E-state index is 13.4. The first-order valence-corrected chi connectivity index (χ1v) is 10.2. The molecule has 2 atom stereocenters. The summed E-state index contributed by atoms with van der Waals surface area (Å²) in [6.45, 7) is 1.57. The third-order valence-electron chi connectivity index (χ3n) is 5.58. The number of allylic oxidation sites excluding steroid dienone is 1. The number of para-hydroxylation sites is 1. The quantitative estimate of drug-likeness (QED) is 0.597. The van der Waals surface area contributed by atoms with Crippen LogP contribution >= 0.6 is 11.6 Å². The summed E-state index contributed by atoms with van der Waals surface area (Å²) >= 11 is 6.33. The van der Waals surface area contributed by atoms with Gasteiger partial charge < -0.3 is 9.84 Å². The van der Waals surface area contributed by atoms with Crippen molar-refractivity contribution in [3.8, 4) is 5.75 Å². The highest BCUT2D eigenvalue weighted by molar-refractivity contribution is 6.31. The Labute approximate surface area is 188 Å². The average Bonchev–Trinajstić information content (AvgIpc) is 2.73. The van der Waals surface area contributed by atoms with Gasteiger partial charge in [0.15, 0.2) is 5.78 Å². The first-order chi connectivity index (χ1) is 15.3. The molecule has 32 heavy (non-hydrogen) atoms. The van der Waals surface area contributed by atoms with Crippen LogP contribution in [0.2, 0.25) is 5.02 Å². The third-order valence-corrected chi connectivity index (χ3v) is 5.92. The summed E-state index contributed by atoms with van der Waals surface area (Å²) in [4.78, 5) is 50.0. The second-order valence-corrected chi connectivity index (χ2v) is 7.96. The fraction of sp³-hybridized carbons (Fsp3) is 0.217. The molecule has 0 aromatic heterocycles. The summed E-state index contributed by atoms with van der Waals surface area (Å²) in [5.74, 6) is -3.83. The number of halogens is 1. The number of carbonyl (C=O) groups excluding carboxylic acids is 4. The van der Waals surface area contributed by atoms with Crippen LogP contribution in [0.4, 0.5) is 4.79 Å². The monoisotopic (exact) mass is 454 g/mol. The predicted molar refractivity (Wildman–Crippen MR) is 114 cm³/mol. The number of imide groups is 2. The minimum atomic E-state index is -1.37. The highest BCUT2D eigenvalue weighted by Gasteiger charge is 2.43. The number of rotatable bonds is 5. The van der Waals surface area contributed by atoms with Gasteiger partial charge in [-0.2, -0.15) is 0 Å². The zero-order chi connectivity index (χ0) is 23.0. The normalized spacial score (nSPS) is 19.6. The molecule has 2 heterocycles. The number of nitrogens with one attached hydrogen (secondary N) is 2. The second kappa shape index (κ2) is 8.57. The molecule has 4 amide bonds. The number of amides is 4. The number of Topliss-reactive ketones (excluding diaryl/α,β-unsaturated/α-hetero) is 1. The fourth-order valence-electron chi connectivity index (χ4n) is 4.10. The molecule has 0 aliphatic carbocycles. The number of ether oxygens (including phenoxy) is 1. The van der Waals surface area contributed by atoms with Crippen molar-refractivity contribution in [2.75, 3.05) is 0 Å². The number of urea groups is 1. The van der Waals surface area contributed by atoms with Gasteiger partial charge in [0.05, 0.1) is 5.57 Å². The van der Waals surface area contributed by atoms with Crippen LogP contribution in [0.3, 0.4) is 0 Å². The van der Waals surface area contributed by atoms with E-state index in [1.165, 1.54) is 0 Å². The molecule has 3 N–H and O–H groups in total. The molecule has 4 rings (SSSR count). The molecular formula is C23H19ClN2O6.